The number of amides is 2. The van der Waals surface area contributed by atoms with Crippen LogP contribution in [-0.2, 0) is 16.0 Å². The molecule has 2 N–H and O–H groups in total. The molecule has 0 aliphatic carbocycles. The van der Waals surface area contributed by atoms with E-state index < -0.39 is 17.9 Å². The van der Waals surface area contributed by atoms with Gasteiger partial charge < -0.3 is 20.3 Å². The Balaban J connectivity index is 1.80. The Kier molecular flexibility index (Phi) is 7.33. The quantitative estimate of drug-likeness (QED) is 0.549. The van der Waals surface area contributed by atoms with Gasteiger partial charge in [0.2, 0.25) is 5.88 Å². The van der Waals surface area contributed by atoms with Crippen LogP contribution in [0.3, 0.4) is 0 Å². The molecule has 1 atom stereocenters. The predicted molar refractivity (Wildman–Crippen MR) is 122 cm³/mol. The zero-order valence-electron chi connectivity index (χ0n) is 18.5. The van der Waals surface area contributed by atoms with Gasteiger partial charge in [0, 0.05) is 20.3 Å². The third-order valence-electron chi connectivity index (χ3n) is 4.76. The topological polar surface area (TPSA) is 109 Å². The van der Waals surface area contributed by atoms with Gasteiger partial charge in [-0.1, -0.05) is 35.9 Å². The molecule has 2 heterocycles. The molecule has 3 aromatic rings. The van der Waals surface area contributed by atoms with Gasteiger partial charge >= 0.3 is 11.8 Å². The van der Waals surface area contributed by atoms with Crippen LogP contribution in [-0.4, -0.2) is 48.0 Å². The summed E-state index contributed by atoms with van der Waals surface area (Å²) in [5.41, 5.74) is 3.03. The summed E-state index contributed by atoms with van der Waals surface area (Å²) in [5, 5.41) is 5.37. The number of carbonyl (C=O) groups excluding carboxylic acids is 2. The van der Waals surface area contributed by atoms with Gasteiger partial charge in [0.25, 0.3) is 0 Å². The highest BCUT2D eigenvalue weighted by molar-refractivity contribution is 6.40. The van der Waals surface area contributed by atoms with Gasteiger partial charge in [-0.25, -0.2) is 4.98 Å². The van der Waals surface area contributed by atoms with E-state index in [1.807, 2.05) is 43.3 Å². The fourth-order valence-corrected chi connectivity index (χ4v) is 3.13. The lowest BCUT2D eigenvalue weighted by atomic mass is 10.0. The van der Waals surface area contributed by atoms with E-state index in [9.17, 15) is 9.59 Å². The van der Waals surface area contributed by atoms with Gasteiger partial charge in [-0.05, 0) is 31.0 Å². The Hall–Kier alpha value is -4.01. The van der Waals surface area contributed by atoms with Gasteiger partial charge in [-0.15, -0.1) is 0 Å². The Bertz CT molecular complexity index is 1070. The number of nitrogens with zero attached hydrogens (tertiary/aromatic N) is 4. The van der Waals surface area contributed by atoms with E-state index >= 15 is 0 Å². The predicted octanol–water partition coefficient (Wildman–Crippen LogP) is 2.29. The van der Waals surface area contributed by atoms with Gasteiger partial charge in [0.1, 0.15) is 12.0 Å². The summed E-state index contributed by atoms with van der Waals surface area (Å²) in [5.74, 6) is -1.08. The molecule has 0 aliphatic rings. The third-order valence-corrected chi connectivity index (χ3v) is 4.76. The molecule has 0 unspecified atom stereocenters. The summed E-state index contributed by atoms with van der Waals surface area (Å²) < 4.78 is 5.22. The van der Waals surface area contributed by atoms with Gasteiger partial charge in [-0.3, -0.25) is 14.6 Å². The number of aryl methyl sites for hydroxylation is 1. The maximum atomic E-state index is 12.8. The lowest BCUT2D eigenvalue weighted by Crippen LogP contribution is -2.39. The molecule has 0 radical (unpaired) electrons. The smallest absolute Gasteiger partial charge is 0.313 e. The highest BCUT2D eigenvalue weighted by Gasteiger charge is 2.24. The van der Waals surface area contributed by atoms with Gasteiger partial charge in [-0.2, -0.15) is 4.98 Å². The van der Waals surface area contributed by atoms with Crippen molar-refractivity contribution in [2.45, 2.75) is 19.4 Å². The first kappa shape index (κ1) is 22.7. The zero-order chi connectivity index (χ0) is 23.1. The highest BCUT2D eigenvalue weighted by Crippen LogP contribution is 2.29. The molecule has 2 aromatic heterocycles. The van der Waals surface area contributed by atoms with E-state index in [0.717, 1.165) is 11.1 Å². The second-order valence-electron chi connectivity index (χ2n) is 7.40. The molecule has 9 nitrogen and oxygen atoms in total. The largest absolute Gasteiger partial charge is 0.479 e. The van der Waals surface area contributed by atoms with Gasteiger partial charge in [0.05, 0.1) is 18.8 Å². The first-order valence-electron chi connectivity index (χ1n) is 10.0. The minimum Gasteiger partial charge on any atom is -0.479 e. The van der Waals surface area contributed by atoms with Crippen molar-refractivity contribution in [3.05, 3.63) is 71.8 Å². The van der Waals surface area contributed by atoms with E-state index in [0.29, 0.717) is 17.9 Å². The maximum absolute atomic E-state index is 12.8. The van der Waals surface area contributed by atoms with Crippen molar-refractivity contribution in [2.75, 3.05) is 31.4 Å². The summed E-state index contributed by atoms with van der Waals surface area (Å²) in [6.07, 6.45) is 3.46. The molecule has 0 saturated heterocycles. The summed E-state index contributed by atoms with van der Waals surface area (Å²) >= 11 is 0. The molecule has 1 aromatic carbocycles. The summed E-state index contributed by atoms with van der Waals surface area (Å²) in [7, 11) is 4.95. The van der Waals surface area contributed by atoms with Crippen molar-refractivity contribution >= 4 is 23.3 Å². The summed E-state index contributed by atoms with van der Waals surface area (Å²) in [6, 6.07) is 13.0. The Morgan fingerprint density at radius 3 is 2.41 bits per heavy atom. The van der Waals surface area contributed by atoms with Crippen LogP contribution in [0, 0.1) is 6.92 Å². The van der Waals surface area contributed by atoms with Crippen LogP contribution in [0.1, 0.15) is 22.9 Å². The standard InChI is InChI=1S/C23H26N6O3/c1-15-8-10-16(11-9-15)13-18(17-7-5-6-12-24-17)27-21(30)22(31)28-19-20(29(2)3)25-14-26-23(19)32-4/h5-12,14,18H,13H2,1-4H3,(H,27,30)(H,28,31)/t18-/m0/s1. The van der Waals surface area contributed by atoms with E-state index in [4.69, 9.17) is 4.74 Å². The molecule has 0 aliphatic heterocycles. The highest BCUT2D eigenvalue weighted by atomic mass is 16.5. The van der Waals surface area contributed by atoms with Crippen LogP contribution in [0.4, 0.5) is 11.5 Å². The second kappa shape index (κ2) is 10.3. The number of rotatable bonds is 7. The molecular weight excluding hydrogens is 408 g/mol. The SMILES string of the molecule is COc1ncnc(N(C)C)c1NC(=O)C(=O)N[C@@H](Cc1ccc(C)cc1)c1ccccn1. The number of hydrogen-bond donors (Lipinski definition) is 2. The minimum atomic E-state index is -0.856. The van der Waals surface area contributed by atoms with E-state index in [-0.39, 0.29) is 11.6 Å². The molecule has 3 rings (SSSR count). The molecule has 0 bridgehead atoms. The van der Waals surface area contributed by atoms with Crippen molar-refractivity contribution < 1.29 is 14.3 Å². The van der Waals surface area contributed by atoms with Crippen LogP contribution in [0.25, 0.3) is 0 Å². The first-order chi connectivity index (χ1) is 15.4. The summed E-state index contributed by atoms with van der Waals surface area (Å²) in [4.78, 5) is 39.8. The van der Waals surface area contributed by atoms with Crippen LogP contribution >= 0.6 is 0 Å². The average molecular weight is 435 g/mol. The Morgan fingerprint density at radius 2 is 1.78 bits per heavy atom. The first-order valence-corrected chi connectivity index (χ1v) is 10.0. The van der Waals surface area contributed by atoms with Gasteiger partial charge in [0.15, 0.2) is 5.82 Å². The number of methoxy groups -OCH3 is 1. The molecular formula is C23H26N6O3. The van der Waals surface area contributed by atoms with Crippen molar-refractivity contribution in [2.24, 2.45) is 0 Å². The second-order valence-corrected chi connectivity index (χ2v) is 7.40. The molecule has 166 valence electrons. The fraction of sp³-hybridized carbons (Fsp3) is 0.261. The van der Waals surface area contributed by atoms with Crippen molar-refractivity contribution in [3.63, 3.8) is 0 Å². The number of carbonyl (C=O) groups is 2. The summed E-state index contributed by atoms with van der Waals surface area (Å²) in [6.45, 7) is 2.01. The van der Waals surface area contributed by atoms with E-state index in [1.165, 1.54) is 13.4 Å². The van der Waals surface area contributed by atoms with Crippen molar-refractivity contribution in [3.8, 4) is 5.88 Å². The normalized spacial score (nSPS) is 11.4. The number of pyridine rings is 1. The molecule has 2 amide bonds. The molecule has 0 fully saturated rings. The molecule has 32 heavy (non-hydrogen) atoms. The van der Waals surface area contributed by atoms with E-state index in [2.05, 4.69) is 25.6 Å². The van der Waals surface area contributed by atoms with E-state index in [1.54, 1.807) is 31.3 Å². The minimum absolute atomic E-state index is 0.158. The molecule has 0 saturated carbocycles. The monoisotopic (exact) mass is 434 g/mol. The van der Waals surface area contributed by atoms with Crippen molar-refractivity contribution in [1.29, 1.82) is 0 Å². The molecule has 0 spiro atoms. The van der Waals surface area contributed by atoms with Crippen molar-refractivity contribution in [1.82, 2.24) is 20.3 Å². The number of anilines is 2. The van der Waals surface area contributed by atoms with Crippen LogP contribution in [0.2, 0.25) is 0 Å². The third kappa shape index (κ3) is 5.57. The fourth-order valence-electron chi connectivity index (χ4n) is 3.13. The number of aromatic nitrogens is 3. The molecule has 9 heteroatoms. The Labute approximate surface area is 186 Å². The lowest BCUT2D eigenvalue weighted by Gasteiger charge is -2.20. The zero-order valence-corrected chi connectivity index (χ0v) is 18.5. The number of ether oxygens (including phenoxy) is 1. The number of hydrogen-bond acceptors (Lipinski definition) is 7. The van der Waals surface area contributed by atoms with Crippen LogP contribution in [0.15, 0.2) is 55.0 Å². The van der Waals surface area contributed by atoms with Crippen LogP contribution in [0.5, 0.6) is 5.88 Å². The lowest BCUT2D eigenvalue weighted by molar-refractivity contribution is -0.136. The maximum Gasteiger partial charge on any atom is 0.313 e. The number of benzene rings is 1. The van der Waals surface area contributed by atoms with Crippen LogP contribution < -0.4 is 20.3 Å². The number of nitrogens with one attached hydrogen (secondary N) is 2. The average Bonchev–Trinajstić information content (AvgIpc) is 2.80. The Morgan fingerprint density at radius 1 is 1.03 bits per heavy atom.